The third-order valence-corrected chi connectivity index (χ3v) is 4.10. The average molecular weight is 466 g/mol. The van der Waals surface area contributed by atoms with Crippen LogP contribution >= 0.6 is 24.0 Å². The lowest BCUT2D eigenvalue weighted by atomic mass is 10.1. The van der Waals surface area contributed by atoms with Gasteiger partial charge in [-0.2, -0.15) is 5.10 Å². The van der Waals surface area contributed by atoms with Crippen LogP contribution in [0.1, 0.15) is 17.8 Å². The Hall–Kier alpha value is -2.28. The van der Waals surface area contributed by atoms with E-state index >= 15 is 0 Å². The van der Waals surface area contributed by atoms with E-state index in [9.17, 15) is 0 Å². The molecule has 0 aliphatic carbocycles. The standard InChI is InChI=1S/C18H22N6O.HI/c1-3-10-25-16-7-5-4-6-14(16)11-20-18(19-2)23-15-8-9-17-21-13-22-24(17)12-15;/h1,4-7,13,15H,8-12H2,2H3,(H2,19,20,23);1H. The van der Waals surface area contributed by atoms with Gasteiger partial charge < -0.3 is 15.4 Å². The van der Waals surface area contributed by atoms with E-state index < -0.39 is 0 Å². The summed E-state index contributed by atoms with van der Waals surface area (Å²) in [6.07, 6.45) is 8.79. The number of rotatable bonds is 5. The van der Waals surface area contributed by atoms with Crippen LogP contribution in [0.5, 0.6) is 5.75 Å². The lowest BCUT2D eigenvalue weighted by molar-refractivity contribution is 0.365. The number of halogens is 1. The second-order valence-electron chi connectivity index (χ2n) is 5.76. The summed E-state index contributed by atoms with van der Waals surface area (Å²) in [4.78, 5) is 8.56. The highest BCUT2D eigenvalue weighted by atomic mass is 127. The maximum Gasteiger partial charge on any atom is 0.191 e. The first-order valence-corrected chi connectivity index (χ1v) is 8.28. The zero-order chi connectivity index (χ0) is 17.5. The molecular weight excluding hydrogens is 443 g/mol. The van der Waals surface area contributed by atoms with E-state index in [2.05, 4.69) is 31.6 Å². The topological polar surface area (TPSA) is 76.4 Å². The number of aliphatic imine (C=N–C) groups is 1. The maximum atomic E-state index is 5.58. The molecule has 0 bridgehead atoms. The number of benzene rings is 1. The Morgan fingerprint density at radius 1 is 1.46 bits per heavy atom. The highest BCUT2D eigenvalue weighted by molar-refractivity contribution is 14.0. The number of ether oxygens (including phenoxy) is 1. The summed E-state index contributed by atoms with van der Waals surface area (Å²) in [5.41, 5.74) is 1.03. The van der Waals surface area contributed by atoms with Crippen molar-refractivity contribution in [2.24, 2.45) is 4.99 Å². The molecular formula is C18H23IN6O. The molecule has 2 aromatic rings. The smallest absolute Gasteiger partial charge is 0.191 e. The molecule has 0 radical (unpaired) electrons. The van der Waals surface area contributed by atoms with E-state index in [0.29, 0.717) is 6.54 Å². The fourth-order valence-corrected chi connectivity index (χ4v) is 2.83. The molecule has 0 spiro atoms. The van der Waals surface area contributed by atoms with Crippen LogP contribution in [0.3, 0.4) is 0 Å². The largest absolute Gasteiger partial charge is 0.481 e. The van der Waals surface area contributed by atoms with Crippen molar-refractivity contribution in [3.63, 3.8) is 0 Å². The number of hydrogen-bond donors (Lipinski definition) is 2. The molecule has 26 heavy (non-hydrogen) atoms. The number of fused-ring (bicyclic) bond motifs is 1. The van der Waals surface area contributed by atoms with Gasteiger partial charge in [0.1, 0.15) is 24.5 Å². The number of para-hydroxylation sites is 1. The van der Waals surface area contributed by atoms with Crippen LogP contribution in [0.2, 0.25) is 0 Å². The van der Waals surface area contributed by atoms with E-state index in [4.69, 9.17) is 11.2 Å². The van der Waals surface area contributed by atoms with E-state index in [1.54, 1.807) is 13.4 Å². The number of nitrogens with zero attached hydrogens (tertiary/aromatic N) is 4. The van der Waals surface area contributed by atoms with Gasteiger partial charge in [0.05, 0.1) is 6.54 Å². The number of hydrogen-bond acceptors (Lipinski definition) is 4. The summed E-state index contributed by atoms with van der Waals surface area (Å²) in [5, 5.41) is 11.0. The van der Waals surface area contributed by atoms with Gasteiger partial charge in [0.25, 0.3) is 0 Å². The Bertz CT molecular complexity index is 782. The Morgan fingerprint density at radius 2 is 2.31 bits per heavy atom. The van der Waals surface area contributed by atoms with Crippen molar-refractivity contribution in [2.75, 3.05) is 13.7 Å². The molecule has 0 saturated heterocycles. The number of aryl methyl sites for hydroxylation is 1. The molecule has 2 heterocycles. The minimum Gasteiger partial charge on any atom is -0.481 e. The van der Waals surface area contributed by atoms with Gasteiger partial charge in [0.2, 0.25) is 0 Å². The summed E-state index contributed by atoms with van der Waals surface area (Å²) < 4.78 is 7.52. The minimum absolute atomic E-state index is 0. The highest BCUT2D eigenvalue weighted by Crippen LogP contribution is 2.17. The van der Waals surface area contributed by atoms with Crippen molar-refractivity contribution in [1.82, 2.24) is 25.4 Å². The normalized spacial score (nSPS) is 16.0. The third-order valence-electron chi connectivity index (χ3n) is 4.10. The SMILES string of the molecule is C#CCOc1ccccc1CNC(=NC)NC1CCc2ncnn2C1.I. The molecule has 0 amide bonds. The number of terminal acetylenes is 1. The molecule has 8 heteroatoms. The maximum absolute atomic E-state index is 5.58. The second-order valence-corrected chi connectivity index (χ2v) is 5.76. The van der Waals surface area contributed by atoms with Crippen molar-refractivity contribution in [3.8, 4) is 18.1 Å². The molecule has 0 fully saturated rings. The van der Waals surface area contributed by atoms with Gasteiger partial charge in [0, 0.05) is 31.6 Å². The molecule has 1 aromatic heterocycles. The number of nitrogens with one attached hydrogen (secondary N) is 2. The lowest BCUT2D eigenvalue weighted by Crippen LogP contribution is -2.46. The van der Waals surface area contributed by atoms with Gasteiger partial charge in [-0.05, 0) is 12.5 Å². The molecule has 1 aliphatic heterocycles. The Labute approximate surface area is 170 Å². The van der Waals surface area contributed by atoms with Crippen LogP contribution in [-0.2, 0) is 19.5 Å². The lowest BCUT2D eigenvalue weighted by Gasteiger charge is -2.25. The Kier molecular flexibility index (Phi) is 7.72. The zero-order valence-corrected chi connectivity index (χ0v) is 17.0. The number of guanidine groups is 1. The third kappa shape index (κ3) is 5.11. The molecule has 1 aliphatic rings. The van der Waals surface area contributed by atoms with E-state index in [1.165, 1.54) is 0 Å². The van der Waals surface area contributed by atoms with Crippen LogP contribution in [-0.4, -0.2) is 40.4 Å². The predicted octanol–water partition coefficient (Wildman–Crippen LogP) is 1.59. The fourth-order valence-electron chi connectivity index (χ4n) is 2.83. The summed E-state index contributed by atoms with van der Waals surface area (Å²) in [6, 6.07) is 8.10. The first-order valence-electron chi connectivity index (χ1n) is 8.28. The van der Waals surface area contributed by atoms with Gasteiger partial charge in [0.15, 0.2) is 5.96 Å². The molecule has 0 saturated carbocycles. The van der Waals surface area contributed by atoms with E-state index in [-0.39, 0.29) is 36.6 Å². The Balaban J connectivity index is 0.00000243. The van der Waals surface area contributed by atoms with Crippen LogP contribution in [0.25, 0.3) is 0 Å². The Morgan fingerprint density at radius 3 is 3.12 bits per heavy atom. The summed E-state index contributed by atoms with van der Waals surface area (Å²) in [7, 11) is 1.76. The average Bonchev–Trinajstić information content (AvgIpc) is 3.11. The van der Waals surface area contributed by atoms with Gasteiger partial charge in [-0.25, -0.2) is 9.67 Å². The van der Waals surface area contributed by atoms with Crippen LogP contribution < -0.4 is 15.4 Å². The van der Waals surface area contributed by atoms with Crippen LogP contribution in [0, 0.1) is 12.3 Å². The molecule has 7 nitrogen and oxygen atoms in total. The molecule has 3 rings (SSSR count). The van der Waals surface area contributed by atoms with E-state index in [1.807, 2.05) is 28.9 Å². The summed E-state index contributed by atoms with van der Waals surface area (Å²) in [6.45, 7) is 1.64. The van der Waals surface area contributed by atoms with Crippen molar-refractivity contribution in [2.45, 2.75) is 32.0 Å². The van der Waals surface area contributed by atoms with Crippen LogP contribution in [0.15, 0.2) is 35.6 Å². The molecule has 2 N–H and O–H groups in total. The van der Waals surface area contributed by atoms with Gasteiger partial charge in [-0.15, -0.1) is 30.4 Å². The monoisotopic (exact) mass is 466 g/mol. The van der Waals surface area contributed by atoms with E-state index in [0.717, 1.165) is 42.5 Å². The summed E-state index contributed by atoms with van der Waals surface area (Å²) >= 11 is 0. The molecule has 1 unspecified atom stereocenters. The fraction of sp³-hybridized carbons (Fsp3) is 0.389. The minimum atomic E-state index is 0. The second kappa shape index (κ2) is 10.0. The van der Waals surface area contributed by atoms with Crippen molar-refractivity contribution in [1.29, 1.82) is 0 Å². The molecule has 1 atom stereocenters. The number of aromatic nitrogens is 3. The van der Waals surface area contributed by atoms with Crippen molar-refractivity contribution in [3.05, 3.63) is 42.0 Å². The highest BCUT2D eigenvalue weighted by Gasteiger charge is 2.20. The molecule has 138 valence electrons. The summed E-state index contributed by atoms with van der Waals surface area (Å²) in [5.74, 6) is 5.07. The molecule has 1 aromatic carbocycles. The van der Waals surface area contributed by atoms with Crippen LogP contribution in [0.4, 0.5) is 0 Å². The van der Waals surface area contributed by atoms with Gasteiger partial charge in [-0.1, -0.05) is 24.1 Å². The van der Waals surface area contributed by atoms with Crippen molar-refractivity contribution < 1.29 is 4.74 Å². The van der Waals surface area contributed by atoms with Crippen molar-refractivity contribution >= 4 is 29.9 Å². The first kappa shape index (κ1) is 20.0. The van der Waals surface area contributed by atoms with Gasteiger partial charge in [-0.3, -0.25) is 4.99 Å². The van der Waals surface area contributed by atoms with Gasteiger partial charge >= 0.3 is 0 Å². The quantitative estimate of drug-likeness (QED) is 0.303. The first-order chi connectivity index (χ1) is 12.3. The predicted molar refractivity (Wildman–Crippen MR) is 112 cm³/mol. The zero-order valence-electron chi connectivity index (χ0n) is 14.7.